The standard InChI is InChI=1S/C18H20F2N2O3/c1-12(13-3-8-16(19)17(20)11-13)22-18(23)21-9-10-25-15-6-4-14(24-2)5-7-15/h3-8,11-12H,9-10H2,1-2H3,(H2,21,22,23). The molecular weight excluding hydrogens is 330 g/mol. The Bertz CT molecular complexity index is 708. The van der Waals surface area contributed by atoms with Gasteiger partial charge in [-0.1, -0.05) is 6.07 Å². The Labute approximate surface area is 144 Å². The predicted octanol–water partition coefficient (Wildman–Crippen LogP) is 3.41. The number of rotatable bonds is 7. The lowest BCUT2D eigenvalue weighted by molar-refractivity contribution is 0.233. The molecule has 2 aromatic rings. The van der Waals surface area contributed by atoms with Crippen molar-refractivity contribution in [3.8, 4) is 11.5 Å². The van der Waals surface area contributed by atoms with Crippen molar-refractivity contribution in [1.82, 2.24) is 10.6 Å². The zero-order valence-corrected chi connectivity index (χ0v) is 14.0. The second kappa shape index (κ2) is 8.86. The topological polar surface area (TPSA) is 59.6 Å². The van der Waals surface area contributed by atoms with Crippen LogP contribution in [0.15, 0.2) is 42.5 Å². The highest BCUT2D eigenvalue weighted by Gasteiger charge is 2.11. The van der Waals surface area contributed by atoms with Gasteiger partial charge in [0.25, 0.3) is 0 Å². The minimum Gasteiger partial charge on any atom is -0.497 e. The lowest BCUT2D eigenvalue weighted by atomic mass is 10.1. The summed E-state index contributed by atoms with van der Waals surface area (Å²) in [4.78, 5) is 11.8. The third kappa shape index (κ3) is 5.63. The number of hydrogen-bond donors (Lipinski definition) is 2. The van der Waals surface area contributed by atoms with E-state index in [2.05, 4.69) is 10.6 Å². The van der Waals surface area contributed by atoms with Crippen LogP contribution < -0.4 is 20.1 Å². The Balaban J connectivity index is 1.71. The summed E-state index contributed by atoms with van der Waals surface area (Å²) in [6, 6.07) is 9.73. The highest BCUT2D eigenvalue weighted by molar-refractivity contribution is 5.74. The number of nitrogens with one attached hydrogen (secondary N) is 2. The molecule has 0 fully saturated rings. The zero-order chi connectivity index (χ0) is 18.2. The predicted molar refractivity (Wildman–Crippen MR) is 89.8 cm³/mol. The van der Waals surface area contributed by atoms with Crippen LogP contribution in [0, 0.1) is 11.6 Å². The van der Waals surface area contributed by atoms with Crippen LogP contribution in [0.4, 0.5) is 13.6 Å². The Hall–Kier alpha value is -2.83. The Morgan fingerprint density at radius 1 is 1.08 bits per heavy atom. The first kappa shape index (κ1) is 18.5. The van der Waals surface area contributed by atoms with Crippen molar-refractivity contribution in [3.63, 3.8) is 0 Å². The van der Waals surface area contributed by atoms with Gasteiger partial charge in [0, 0.05) is 0 Å². The molecule has 0 heterocycles. The summed E-state index contributed by atoms with van der Waals surface area (Å²) >= 11 is 0. The second-order valence-corrected chi connectivity index (χ2v) is 5.32. The molecular formula is C18H20F2N2O3. The van der Waals surface area contributed by atoms with Crippen LogP contribution in [0.25, 0.3) is 0 Å². The van der Waals surface area contributed by atoms with Gasteiger partial charge in [-0.25, -0.2) is 13.6 Å². The van der Waals surface area contributed by atoms with E-state index in [1.54, 1.807) is 38.3 Å². The van der Waals surface area contributed by atoms with E-state index >= 15 is 0 Å². The van der Waals surface area contributed by atoms with Crippen LogP contribution >= 0.6 is 0 Å². The smallest absolute Gasteiger partial charge is 0.315 e. The lowest BCUT2D eigenvalue weighted by Crippen LogP contribution is -2.39. The van der Waals surface area contributed by atoms with Gasteiger partial charge in [0.05, 0.1) is 19.7 Å². The third-order valence-corrected chi connectivity index (χ3v) is 3.51. The SMILES string of the molecule is COc1ccc(OCCNC(=O)NC(C)c2ccc(F)c(F)c2)cc1. The number of carbonyl (C=O) groups is 1. The molecule has 0 spiro atoms. The number of halogens is 2. The van der Waals surface area contributed by atoms with E-state index in [-0.39, 0.29) is 0 Å². The molecule has 0 aliphatic rings. The average molecular weight is 350 g/mol. The van der Waals surface area contributed by atoms with Crippen LogP contribution in [-0.2, 0) is 0 Å². The maximum Gasteiger partial charge on any atom is 0.315 e. The molecule has 0 saturated carbocycles. The summed E-state index contributed by atoms with van der Waals surface area (Å²) in [5, 5.41) is 5.28. The lowest BCUT2D eigenvalue weighted by Gasteiger charge is -2.15. The summed E-state index contributed by atoms with van der Waals surface area (Å²) < 4.78 is 36.7. The van der Waals surface area contributed by atoms with Crippen LogP contribution in [-0.4, -0.2) is 26.3 Å². The molecule has 2 amide bonds. The molecule has 1 atom stereocenters. The zero-order valence-electron chi connectivity index (χ0n) is 14.0. The second-order valence-electron chi connectivity index (χ2n) is 5.32. The molecule has 5 nitrogen and oxygen atoms in total. The number of methoxy groups -OCH3 is 1. The highest BCUT2D eigenvalue weighted by Crippen LogP contribution is 2.17. The van der Waals surface area contributed by atoms with Gasteiger partial charge in [0.2, 0.25) is 0 Å². The molecule has 0 aliphatic carbocycles. The van der Waals surface area contributed by atoms with E-state index in [1.165, 1.54) is 6.07 Å². The van der Waals surface area contributed by atoms with Crippen molar-refractivity contribution >= 4 is 6.03 Å². The van der Waals surface area contributed by atoms with Crippen LogP contribution in [0.3, 0.4) is 0 Å². The summed E-state index contributed by atoms with van der Waals surface area (Å²) in [6.45, 7) is 2.27. The van der Waals surface area contributed by atoms with Crippen LogP contribution in [0.1, 0.15) is 18.5 Å². The number of benzene rings is 2. The van der Waals surface area contributed by atoms with Gasteiger partial charge >= 0.3 is 6.03 Å². The van der Waals surface area contributed by atoms with E-state index in [0.29, 0.717) is 24.5 Å². The normalized spacial score (nSPS) is 11.5. The first-order valence-electron chi connectivity index (χ1n) is 7.75. The van der Waals surface area contributed by atoms with Gasteiger partial charge in [-0.15, -0.1) is 0 Å². The fourth-order valence-corrected chi connectivity index (χ4v) is 2.12. The fraction of sp³-hybridized carbons (Fsp3) is 0.278. The maximum atomic E-state index is 13.2. The summed E-state index contributed by atoms with van der Waals surface area (Å²) in [7, 11) is 1.58. The highest BCUT2D eigenvalue weighted by atomic mass is 19.2. The van der Waals surface area contributed by atoms with Crippen LogP contribution in [0.5, 0.6) is 11.5 Å². The minimum atomic E-state index is -0.945. The number of ether oxygens (including phenoxy) is 2. The van der Waals surface area contributed by atoms with Crippen molar-refractivity contribution in [2.75, 3.05) is 20.3 Å². The van der Waals surface area contributed by atoms with Crippen molar-refractivity contribution in [1.29, 1.82) is 0 Å². The molecule has 2 rings (SSSR count). The fourth-order valence-electron chi connectivity index (χ4n) is 2.12. The van der Waals surface area contributed by atoms with Gasteiger partial charge in [-0.05, 0) is 48.9 Å². The average Bonchev–Trinajstić information content (AvgIpc) is 2.61. The summed E-state index contributed by atoms with van der Waals surface area (Å²) in [5.74, 6) is -0.468. The van der Waals surface area contributed by atoms with Gasteiger partial charge < -0.3 is 20.1 Å². The Morgan fingerprint density at radius 2 is 1.76 bits per heavy atom. The van der Waals surface area contributed by atoms with E-state index in [4.69, 9.17) is 9.47 Å². The molecule has 134 valence electrons. The van der Waals surface area contributed by atoms with Gasteiger partial charge in [0.15, 0.2) is 11.6 Å². The van der Waals surface area contributed by atoms with E-state index in [1.807, 2.05) is 0 Å². The molecule has 0 aromatic heterocycles. The Morgan fingerprint density at radius 3 is 2.40 bits per heavy atom. The Kier molecular flexibility index (Phi) is 6.56. The van der Waals surface area contributed by atoms with Crippen molar-refractivity contribution in [2.24, 2.45) is 0 Å². The van der Waals surface area contributed by atoms with E-state index in [0.717, 1.165) is 17.9 Å². The molecule has 0 radical (unpaired) electrons. The molecule has 2 N–H and O–H groups in total. The largest absolute Gasteiger partial charge is 0.497 e. The van der Waals surface area contributed by atoms with Gasteiger partial charge in [0.1, 0.15) is 18.1 Å². The van der Waals surface area contributed by atoms with Crippen molar-refractivity contribution < 1.29 is 23.0 Å². The summed E-state index contributed by atoms with van der Waals surface area (Å²) in [5.41, 5.74) is 0.475. The number of urea groups is 1. The van der Waals surface area contributed by atoms with Gasteiger partial charge in [-0.3, -0.25) is 0 Å². The molecule has 25 heavy (non-hydrogen) atoms. The first-order valence-corrected chi connectivity index (χ1v) is 7.75. The van der Waals surface area contributed by atoms with Crippen molar-refractivity contribution in [3.05, 3.63) is 59.7 Å². The number of amides is 2. The number of hydrogen-bond acceptors (Lipinski definition) is 3. The molecule has 1 unspecified atom stereocenters. The molecule has 0 saturated heterocycles. The number of carbonyl (C=O) groups excluding carboxylic acids is 1. The monoisotopic (exact) mass is 350 g/mol. The third-order valence-electron chi connectivity index (χ3n) is 3.51. The molecule has 0 bridgehead atoms. The maximum absolute atomic E-state index is 13.2. The quantitative estimate of drug-likeness (QED) is 0.753. The minimum absolute atomic E-state index is 0.291. The van der Waals surface area contributed by atoms with Gasteiger partial charge in [-0.2, -0.15) is 0 Å². The first-order chi connectivity index (χ1) is 12.0. The van der Waals surface area contributed by atoms with E-state index < -0.39 is 23.7 Å². The van der Waals surface area contributed by atoms with E-state index in [9.17, 15) is 13.6 Å². The molecule has 7 heteroatoms. The molecule has 2 aromatic carbocycles. The molecule has 0 aliphatic heterocycles. The van der Waals surface area contributed by atoms with Crippen molar-refractivity contribution in [2.45, 2.75) is 13.0 Å². The van der Waals surface area contributed by atoms with Crippen LogP contribution in [0.2, 0.25) is 0 Å². The summed E-state index contributed by atoms with van der Waals surface area (Å²) in [6.07, 6.45) is 0.